The van der Waals surface area contributed by atoms with Crippen LogP contribution in [-0.4, -0.2) is 58.1 Å². The normalized spacial score (nSPS) is 18.3. The SMILES string of the molecule is O=C(c1ccccc1-c1nc(-c2ccccc2)no1)N1CCCN(C2CCCC2)CC1. The third-order valence-electron chi connectivity index (χ3n) is 6.50. The van der Waals surface area contributed by atoms with E-state index in [1.54, 1.807) is 0 Å². The van der Waals surface area contributed by atoms with E-state index in [0.717, 1.165) is 38.2 Å². The fourth-order valence-electron chi connectivity index (χ4n) is 4.84. The maximum Gasteiger partial charge on any atom is 0.259 e. The Balaban J connectivity index is 1.35. The predicted molar refractivity (Wildman–Crippen MR) is 120 cm³/mol. The lowest BCUT2D eigenvalue weighted by molar-refractivity contribution is 0.0758. The van der Waals surface area contributed by atoms with Gasteiger partial charge >= 0.3 is 0 Å². The molecule has 5 rings (SSSR count). The molecule has 6 heteroatoms. The molecule has 160 valence electrons. The Hall–Kier alpha value is -2.99. The van der Waals surface area contributed by atoms with Gasteiger partial charge in [-0.1, -0.05) is 60.5 Å². The molecule has 1 saturated heterocycles. The number of benzene rings is 2. The van der Waals surface area contributed by atoms with Gasteiger partial charge in [0, 0.05) is 37.8 Å². The van der Waals surface area contributed by atoms with E-state index in [2.05, 4.69) is 15.0 Å². The minimum absolute atomic E-state index is 0.0448. The molecule has 0 spiro atoms. The summed E-state index contributed by atoms with van der Waals surface area (Å²) in [6, 6.07) is 18.0. The van der Waals surface area contributed by atoms with Crippen molar-refractivity contribution in [2.45, 2.75) is 38.1 Å². The predicted octanol–water partition coefficient (Wildman–Crippen LogP) is 4.49. The van der Waals surface area contributed by atoms with Crippen LogP contribution in [0.1, 0.15) is 42.5 Å². The monoisotopic (exact) mass is 416 g/mol. The van der Waals surface area contributed by atoms with Crippen molar-refractivity contribution < 1.29 is 9.32 Å². The summed E-state index contributed by atoms with van der Waals surface area (Å²) < 4.78 is 5.55. The first-order valence-electron chi connectivity index (χ1n) is 11.3. The van der Waals surface area contributed by atoms with Crippen LogP contribution in [0.25, 0.3) is 22.8 Å². The van der Waals surface area contributed by atoms with Gasteiger partial charge in [-0.15, -0.1) is 0 Å². The lowest BCUT2D eigenvalue weighted by Gasteiger charge is -2.27. The second-order valence-electron chi connectivity index (χ2n) is 8.45. The van der Waals surface area contributed by atoms with Crippen molar-refractivity contribution in [1.29, 1.82) is 0 Å². The molecule has 0 bridgehead atoms. The van der Waals surface area contributed by atoms with Crippen LogP contribution in [-0.2, 0) is 0 Å². The van der Waals surface area contributed by atoms with Crippen molar-refractivity contribution in [1.82, 2.24) is 19.9 Å². The Bertz CT molecular complexity index is 1030. The molecule has 0 radical (unpaired) electrons. The molecule has 2 aliphatic rings. The lowest BCUT2D eigenvalue weighted by Crippen LogP contribution is -2.38. The van der Waals surface area contributed by atoms with Gasteiger partial charge in [0.25, 0.3) is 11.8 Å². The van der Waals surface area contributed by atoms with Gasteiger partial charge in [-0.05, 0) is 31.4 Å². The van der Waals surface area contributed by atoms with Crippen LogP contribution in [0.3, 0.4) is 0 Å². The molecule has 2 aromatic carbocycles. The van der Waals surface area contributed by atoms with Crippen molar-refractivity contribution >= 4 is 5.91 Å². The number of rotatable bonds is 4. The molecule has 1 saturated carbocycles. The van der Waals surface area contributed by atoms with Crippen LogP contribution < -0.4 is 0 Å². The van der Waals surface area contributed by atoms with E-state index < -0.39 is 0 Å². The number of carbonyl (C=O) groups is 1. The molecular formula is C25H28N4O2. The molecule has 1 amide bonds. The summed E-state index contributed by atoms with van der Waals surface area (Å²) >= 11 is 0. The van der Waals surface area contributed by atoms with Gasteiger partial charge in [0.15, 0.2) is 0 Å². The fourth-order valence-corrected chi connectivity index (χ4v) is 4.84. The van der Waals surface area contributed by atoms with Gasteiger partial charge in [-0.25, -0.2) is 0 Å². The first kappa shape index (κ1) is 19.9. The van der Waals surface area contributed by atoms with Crippen molar-refractivity contribution in [3.8, 4) is 22.8 Å². The number of hydrogen-bond acceptors (Lipinski definition) is 5. The van der Waals surface area contributed by atoms with Crippen LogP contribution >= 0.6 is 0 Å². The second-order valence-corrected chi connectivity index (χ2v) is 8.45. The third kappa shape index (κ3) is 4.26. The molecule has 0 atom stereocenters. The van der Waals surface area contributed by atoms with Crippen LogP contribution in [0.5, 0.6) is 0 Å². The molecule has 6 nitrogen and oxygen atoms in total. The summed E-state index contributed by atoms with van der Waals surface area (Å²) in [5, 5.41) is 4.13. The van der Waals surface area contributed by atoms with Crippen LogP contribution in [0.2, 0.25) is 0 Å². The van der Waals surface area contributed by atoms with Crippen LogP contribution in [0.15, 0.2) is 59.1 Å². The molecule has 0 unspecified atom stereocenters. The van der Waals surface area contributed by atoms with Crippen molar-refractivity contribution in [3.63, 3.8) is 0 Å². The van der Waals surface area contributed by atoms with E-state index >= 15 is 0 Å². The van der Waals surface area contributed by atoms with E-state index in [-0.39, 0.29) is 5.91 Å². The Morgan fingerprint density at radius 1 is 0.871 bits per heavy atom. The highest BCUT2D eigenvalue weighted by atomic mass is 16.5. The lowest BCUT2D eigenvalue weighted by atomic mass is 10.1. The Labute approximate surface area is 182 Å². The van der Waals surface area contributed by atoms with E-state index in [1.807, 2.05) is 59.5 Å². The van der Waals surface area contributed by atoms with E-state index in [0.29, 0.717) is 28.9 Å². The largest absolute Gasteiger partial charge is 0.337 e. The molecule has 2 heterocycles. The van der Waals surface area contributed by atoms with E-state index in [9.17, 15) is 4.79 Å². The molecule has 1 aliphatic heterocycles. The highest BCUT2D eigenvalue weighted by Gasteiger charge is 2.28. The zero-order valence-corrected chi connectivity index (χ0v) is 17.7. The topological polar surface area (TPSA) is 62.5 Å². The summed E-state index contributed by atoms with van der Waals surface area (Å²) in [5.74, 6) is 0.952. The zero-order valence-electron chi connectivity index (χ0n) is 17.7. The standard InChI is InChI=1S/C25H28N4O2/c30-25(29-16-8-15-28(17-18-29)20-11-4-5-12-20)22-14-7-6-13-21(22)24-26-23(27-31-24)19-9-2-1-3-10-19/h1-3,6-7,9-10,13-14,20H,4-5,8,11-12,15-18H2. The van der Waals surface area contributed by atoms with Crippen LogP contribution in [0.4, 0.5) is 0 Å². The van der Waals surface area contributed by atoms with Crippen molar-refractivity contribution in [2.24, 2.45) is 0 Å². The number of hydrogen-bond donors (Lipinski definition) is 0. The number of aromatic nitrogens is 2. The average Bonchev–Trinajstić information content (AvgIpc) is 3.48. The average molecular weight is 417 g/mol. The van der Waals surface area contributed by atoms with E-state index in [1.165, 1.54) is 25.7 Å². The Morgan fingerprint density at radius 3 is 2.48 bits per heavy atom. The van der Waals surface area contributed by atoms with Gasteiger partial charge in [-0.2, -0.15) is 4.98 Å². The zero-order chi connectivity index (χ0) is 21.0. The highest BCUT2D eigenvalue weighted by molar-refractivity contribution is 6.00. The number of carbonyl (C=O) groups excluding carboxylic acids is 1. The highest BCUT2D eigenvalue weighted by Crippen LogP contribution is 2.27. The second kappa shape index (κ2) is 9.02. The van der Waals surface area contributed by atoms with Crippen molar-refractivity contribution in [3.05, 3.63) is 60.2 Å². The summed E-state index contributed by atoms with van der Waals surface area (Å²) in [4.78, 5) is 22.6. The maximum atomic E-state index is 13.5. The third-order valence-corrected chi connectivity index (χ3v) is 6.50. The summed E-state index contributed by atoms with van der Waals surface area (Å²) in [5.41, 5.74) is 2.21. The molecule has 31 heavy (non-hydrogen) atoms. The Morgan fingerprint density at radius 2 is 1.65 bits per heavy atom. The molecule has 0 N–H and O–H groups in total. The van der Waals surface area contributed by atoms with Gasteiger partial charge in [0.1, 0.15) is 0 Å². The van der Waals surface area contributed by atoms with Crippen LogP contribution in [0, 0.1) is 0 Å². The molecule has 1 aliphatic carbocycles. The molecule has 2 fully saturated rings. The number of amides is 1. The summed E-state index contributed by atoms with van der Waals surface area (Å²) in [6.45, 7) is 3.59. The van der Waals surface area contributed by atoms with Crippen molar-refractivity contribution in [2.75, 3.05) is 26.2 Å². The van der Waals surface area contributed by atoms with Gasteiger partial charge < -0.3 is 9.42 Å². The fraction of sp³-hybridized carbons (Fsp3) is 0.400. The maximum absolute atomic E-state index is 13.5. The molecule has 1 aromatic heterocycles. The quantitative estimate of drug-likeness (QED) is 0.627. The minimum atomic E-state index is 0.0448. The van der Waals surface area contributed by atoms with Gasteiger partial charge in [0.2, 0.25) is 5.82 Å². The molecular weight excluding hydrogens is 388 g/mol. The summed E-state index contributed by atoms with van der Waals surface area (Å²) in [6.07, 6.45) is 6.30. The van der Waals surface area contributed by atoms with Gasteiger partial charge in [0.05, 0.1) is 11.1 Å². The van der Waals surface area contributed by atoms with E-state index in [4.69, 9.17) is 4.52 Å². The smallest absolute Gasteiger partial charge is 0.259 e. The molecule has 3 aromatic rings. The first-order valence-corrected chi connectivity index (χ1v) is 11.3. The van der Waals surface area contributed by atoms with Gasteiger partial charge in [-0.3, -0.25) is 9.69 Å². The Kier molecular flexibility index (Phi) is 5.80. The minimum Gasteiger partial charge on any atom is -0.337 e. The number of nitrogens with zero attached hydrogens (tertiary/aromatic N) is 4. The first-order chi connectivity index (χ1) is 15.3. The summed E-state index contributed by atoms with van der Waals surface area (Å²) in [7, 11) is 0.